The molecule has 136 heavy (non-hydrogen) atoms. The topological polar surface area (TPSA) is 390 Å². The van der Waals surface area contributed by atoms with Crippen molar-refractivity contribution in [3.8, 4) is 70.4 Å². The highest BCUT2D eigenvalue weighted by Gasteiger charge is 2.23. The van der Waals surface area contributed by atoms with Crippen LogP contribution in [0.3, 0.4) is 0 Å². The van der Waals surface area contributed by atoms with Crippen LogP contribution >= 0.6 is 0 Å². The smallest absolute Gasteiger partial charge is 0.300 e. The molecule has 4 amide bonds. The summed E-state index contributed by atoms with van der Waals surface area (Å²) in [6, 6.07) is 49.7. The van der Waals surface area contributed by atoms with Crippen LogP contribution in [0, 0.1) is 52.3 Å². The number of amides is 4. The van der Waals surface area contributed by atoms with E-state index in [9.17, 15) is 27.6 Å². The highest BCUT2D eigenvalue weighted by Crippen LogP contribution is 2.35. The zero-order chi connectivity index (χ0) is 95.9. The van der Waals surface area contributed by atoms with Gasteiger partial charge in [0.15, 0.2) is 17.5 Å². The molecule has 0 spiro atoms. The Morgan fingerprint density at radius 3 is 1.30 bits per heavy atom. The van der Waals surface area contributed by atoms with Crippen molar-refractivity contribution in [2.24, 2.45) is 16.7 Å². The third-order valence-corrected chi connectivity index (χ3v) is 21.8. The molecule has 0 radical (unpaired) electrons. The lowest BCUT2D eigenvalue weighted by molar-refractivity contribution is -0.112. The standard InChI is InChI=1S/C23H19N5O.C22H17N5O.C20H23N5O2.C20H21N5O.C18H19N5O2S/c1-2-6-23(29)27-19-11-12-20-21(13-19)28(16-26-20)22-14-18(24-15-25-22)10-9-17-7-4-3-5-8-17;1-2-6-22(28)26-17-9-10-19-20(12-17)27(15-24-19)21-14-23-13-18(25-21)11-16-7-4-3-5-8-16;1-6-19(26)24-15-7-16-14(8-17(15)27-5)22-12-25(16)18-11-21-10-13(23-18)9-20(2,3)4;1-5-6-19(26)24-14-7-8-17-16(9-14)22-13-25(17)18-12-21-11-15(23-18)10-20(2,3)4;1-2-26(24,25)22-15-7-8-16-17(9-15)23(12-21-16)18-10-14(19-11-20-18)6-5-13-3-4-13/h3-5,7-8,11-16H,9-10H2,1H3,(H,27,29);3-5,7-10,12-15H,11H2,1H3,(H,26,28);6-8,10-12H,1,9H2,2-5H3,(H,24,26);7-9,11-13H,10H2,1-4H3,(H,24,26);2,7-13,22H,1,3-6H2. The molecule has 0 unspecified atom stereocenters. The summed E-state index contributed by atoms with van der Waals surface area (Å²) >= 11 is 0. The molecule has 1 aliphatic rings. The minimum atomic E-state index is -3.56. The van der Waals surface area contributed by atoms with Gasteiger partial charge in [0.25, 0.3) is 27.7 Å². The molecule has 17 aromatic rings. The Kier molecular flexibility index (Phi) is 30.5. The van der Waals surface area contributed by atoms with Gasteiger partial charge in [-0.25, -0.2) is 68.2 Å². The van der Waals surface area contributed by atoms with E-state index in [1.54, 1.807) is 152 Å². The molecule has 10 heterocycles. The van der Waals surface area contributed by atoms with Crippen LogP contribution in [-0.4, -0.2) is 137 Å². The van der Waals surface area contributed by atoms with Crippen LogP contribution in [-0.2, 0) is 67.7 Å². The van der Waals surface area contributed by atoms with E-state index in [-0.39, 0.29) is 34.5 Å². The minimum Gasteiger partial charge on any atom is -0.494 e. The number of fused-ring (bicyclic) bond motifs is 5. The number of aromatic nitrogens is 20. The number of carbonyl (C=O) groups excluding carboxylic acids is 4. The van der Waals surface area contributed by atoms with E-state index in [1.165, 1.54) is 30.0 Å². The number of anilines is 5. The lowest BCUT2D eigenvalue weighted by atomic mass is 9.91. The SMILES string of the molecule is C=CC(=O)Nc1cc2c(cc1OC)ncn2-c1cncc(CC(C)(C)C)n1.C=CS(=O)(=O)Nc1ccc2ncn(-c3cc(CCC4CC4)ncn3)c2c1.CC#CC(=O)Nc1ccc2c(c1)ncn2-c1cncc(CC(C)(C)C)n1.CC#CC(=O)Nc1ccc2ncn(-c3cc(CCc4ccccc4)ncn3)c2c1.CC#CC(=O)Nc1ccc2ncn(-c3cncc(Cc4ccccc4)n3)c2c1. The first-order valence-electron chi connectivity index (χ1n) is 43.5. The Labute approximate surface area is 786 Å². The van der Waals surface area contributed by atoms with Crippen LogP contribution in [0.15, 0.2) is 264 Å². The van der Waals surface area contributed by atoms with Crippen molar-refractivity contribution in [1.82, 2.24) is 97.6 Å². The third-order valence-electron chi connectivity index (χ3n) is 20.8. The number of hydrogen-bond acceptors (Lipinski definition) is 22. The van der Waals surface area contributed by atoms with Gasteiger partial charge >= 0.3 is 0 Å². The van der Waals surface area contributed by atoms with E-state index in [2.05, 4.69) is 200 Å². The Hall–Kier alpha value is -17.1. The number of aryl methyl sites for hydroxylation is 3. The number of sulfonamides is 1. The van der Waals surface area contributed by atoms with Gasteiger partial charge in [0.1, 0.15) is 61.7 Å². The first-order chi connectivity index (χ1) is 65.6. The monoisotopic (exact) mass is 1830 g/mol. The van der Waals surface area contributed by atoms with Gasteiger partial charge in [-0.05, 0) is 190 Å². The van der Waals surface area contributed by atoms with Crippen LogP contribution in [0.5, 0.6) is 5.75 Å². The Morgan fingerprint density at radius 2 is 0.838 bits per heavy atom. The minimum absolute atomic E-state index is 0.111. The van der Waals surface area contributed by atoms with Gasteiger partial charge in [-0.2, -0.15) is 0 Å². The van der Waals surface area contributed by atoms with Crippen molar-refractivity contribution in [1.29, 1.82) is 0 Å². The number of benzene rings is 7. The first kappa shape index (κ1) is 95.0. The quantitative estimate of drug-likeness (QED) is 0.0277. The summed E-state index contributed by atoms with van der Waals surface area (Å²) in [4.78, 5) is 114. The average molecular weight is 1830 g/mol. The van der Waals surface area contributed by atoms with Crippen molar-refractivity contribution in [2.75, 3.05) is 33.1 Å². The van der Waals surface area contributed by atoms with Gasteiger partial charge in [0, 0.05) is 77.1 Å². The van der Waals surface area contributed by atoms with E-state index in [1.807, 2.05) is 114 Å². The summed E-state index contributed by atoms with van der Waals surface area (Å²) in [6.07, 6.45) is 32.2. The summed E-state index contributed by atoms with van der Waals surface area (Å²) in [5.74, 6) is 18.7. The maximum absolute atomic E-state index is 11.7. The maximum Gasteiger partial charge on any atom is 0.300 e. The van der Waals surface area contributed by atoms with E-state index in [0.29, 0.717) is 52.2 Å². The molecule has 684 valence electrons. The number of ether oxygens (including phenoxy) is 1. The number of imidazole rings is 5. The van der Waals surface area contributed by atoms with Gasteiger partial charge in [-0.1, -0.05) is 146 Å². The Balaban J connectivity index is 0.000000136. The van der Waals surface area contributed by atoms with Crippen molar-refractivity contribution >= 4 is 117 Å². The zero-order valence-corrected chi connectivity index (χ0v) is 77.6. The number of nitrogens with one attached hydrogen (secondary N) is 5. The fraction of sp³-hybridized carbons (Fsp3) is 0.214. The van der Waals surface area contributed by atoms with Crippen molar-refractivity contribution < 1.29 is 32.3 Å². The molecule has 0 saturated heterocycles. The van der Waals surface area contributed by atoms with Crippen molar-refractivity contribution in [3.05, 3.63) is 303 Å². The Morgan fingerprint density at radius 1 is 0.426 bits per heavy atom. The number of methoxy groups -OCH3 is 1. The highest BCUT2D eigenvalue weighted by atomic mass is 32.2. The number of carbonyl (C=O) groups is 4. The summed E-state index contributed by atoms with van der Waals surface area (Å²) in [6.45, 7) is 24.7. The summed E-state index contributed by atoms with van der Waals surface area (Å²) in [5.41, 5.74) is 18.3. The molecule has 5 N–H and O–H groups in total. The first-order valence-corrected chi connectivity index (χ1v) is 45.1. The number of hydrogen-bond donors (Lipinski definition) is 5. The molecule has 33 heteroatoms. The molecule has 18 rings (SSSR count). The summed E-state index contributed by atoms with van der Waals surface area (Å²) in [7, 11) is -2.01. The van der Waals surface area contributed by atoms with E-state index in [0.717, 1.165) is 151 Å². The molecule has 0 aliphatic heterocycles. The van der Waals surface area contributed by atoms with Crippen molar-refractivity contribution in [3.63, 3.8) is 0 Å². The molecule has 1 fully saturated rings. The maximum atomic E-state index is 11.7. The van der Waals surface area contributed by atoms with Crippen molar-refractivity contribution in [2.45, 2.75) is 120 Å². The third kappa shape index (κ3) is 26.0. The van der Waals surface area contributed by atoms with Gasteiger partial charge < -0.3 is 26.0 Å². The molecule has 0 atom stereocenters. The largest absolute Gasteiger partial charge is 0.494 e. The molecule has 1 aliphatic carbocycles. The normalized spacial score (nSPS) is 11.5. The van der Waals surface area contributed by atoms with Gasteiger partial charge in [-0.3, -0.25) is 61.7 Å². The number of nitrogens with zero attached hydrogens (tertiary/aromatic N) is 20. The van der Waals surface area contributed by atoms with E-state index >= 15 is 0 Å². The van der Waals surface area contributed by atoms with Crippen LogP contribution in [0.1, 0.15) is 121 Å². The average Bonchev–Trinajstić information content (AvgIpc) is 1.60. The molecule has 10 aromatic heterocycles. The predicted molar refractivity (Wildman–Crippen MR) is 528 cm³/mol. The highest BCUT2D eigenvalue weighted by molar-refractivity contribution is 7.95. The van der Waals surface area contributed by atoms with Crippen LogP contribution in [0.4, 0.5) is 28.4 Å². The predicted octanol–water partition coefficient (Wildman–Crippen LogP) is 16.9. The second-order valence-electron chi connectivity index (χ2n) is 33.9. The second kappa shape index (κ2) is 43.7. The molecule has 0 bridgehead atoms. The number of rotatable bonds is 24. The fourth-order valence-corrected chi connectivity index (χ4v) is 15.0. The molecular weight excluding hydrogens is 1730 g/mol. The van der Waals surface area contributed by atoms with Crippen LogP contribution in [0.2, 0.25) is 0 Å². The van der Waals surface area contributed by atoms with Crippen LogP contribution in [0.25, 0.3) is 84.3 Å². The Bertz CT molecular complexity index is 7580. The molecule has 1 saturated carbocycles. The van der Waals surface area contributed by atoms with Gasteiger partial charge in [0.2, 0.25) is 5.91 Å². The molecular formula is C103H99N25O7S. The van der Waals surface area contributed by atoms with Gasteiger partial charge in [-0.15, -0.1) is 0 Å². The fourth-order valence-electron chi connectivity index (χ4n) is 14.4. The lowest BCUT2D eigenvalue weighted by Crippen LogP contribution is -2.12. The van der Waals surface area contributed by atoms with Crippen LogP contribution < -0.4 is 30.7 Å². The zero-order valence-electron chi connectivity index (χ0n) is 76.7. The van der Waals surface area contributed by atoms with E-state index in [4.69, 9.17) is 19.7 Å². The van der Waals surface area contributed by atoms with Gasteiger partial charge in [0.05, 0.1) is 109 Å². The second-order valence-corrected chi connectivity index (χ2v) is 35.5. The van der Waals surface area contributed by atoms with E-state index < -0.39 is 10.0 Å². The lowest BCUT2D eigenvalue weighted by Gasteiger charge is -2.17. The molecule has 32 nitrogen and oxygen atoms in total. The molecule has 7 aromatic carbocycles. The summed E-state index contributed by atoms with van der Waals surface area (Å²) < 4.78 is 40.6. The summed E-state index contributed by atoms with van der Waals surface area (Å²) in [5, 5.41) is 11.9.